The first-order valence-corrected chi connectivity index (χ1v) is 6.09. The average Bonchev–Trinajstić information content (AvgIpc) is 2.41. The van der Waals surface area contributed by atoms with Crippen molar-refractivity contribution in [3.05, 3.63) is 0 Å². The van der Waals surface area contributed by atoms with Crippen molar-refractivity contribution in [2.24, 2.45) is 17.8 Å². The number of rotatable bonds is 1. The van der Waals surface area contributed by atoms with Crippen molar-refractivity contribution in [1.29, 1.82) is 0 Å². The lowest BCUT2D eigenvalue weighted by Crippen LogP contribution is -2.57. The molecule has 3 atom stereocenters. The minimum Gasteiger partial charge on any atom is -0.323 e. The molecule has 1 aliphatic carbocycles. The summed E-state index contributed by atoms with van der Waals surface area (Å²) in [7, 11) is 0. The largest absolute Gasteiger partial charge is 0.323 e. The van der Waals surface area contributed by atoms with Crippen LogP contribution < -0.4 is 10.6 Å². The monoisotopic (exact) mass is 224 g/mol. The molecule has 1 aliphatic heterocycles. The first-order valence-electron chi connectivity index (χ1n) is 6.09. The maximum Gasteiger partial charge on any atom is 0.322 e. The maximum absolute atomic E-state index is 12.0. The summed E-state index contributed by atoms with van der Waals surface area (Å²) >= 11 is 0. The highest BCUT2D eigenvalue weighted by atomic mass is 16.2. The van der Waals surface area contributed by atoms with E-state index < -0.39 is 5.54 Å². The predicted molar refractivity (Wildman–Crippen MR) is 60.7 cm³/mol. The topological polar surface area (TPSA) is 58.2 Å². The molecule has 3 amide bonds. The molecule has 1 spiro atoms. The van der Waals surface area contributed by atoms with E-state index in [0.717, 1.165) is 19.3 Å². The highest BCUT2D eigenvalue weighted by Gasteiger charge is 2.54. The normalized spacial score (nSPS) is 39.0. The van der Waals surface area contributed by atoms with Crippen molar-refractivity contribution < 1.29 is 9.59 Å². The van der Waals surface area contributed by atoms with Gasteiger partial charge in [-0.3, -0.25) is 10.1 Å². The fourth-order valence-electron chi connectivity index (χ4n) is 3.33. The second-order valence-corrected chi connectivity index (χ2v) is 5.62. The van der Waals surface area contributed by atoms with E-state index in [-0.39, 0.29) is 17.9 Å². The molecule has 1 saturated carbocycles. The van der Waals surface area contributed by atoms with Crippen molar-refractivity contribution in [2.75, 3.05) is 0 Å². The van der Waals surface area contributed by atoms with Gasteiger partial charge in [-0.1, -0.05) is 27.2 Å². The fraction of sp³-hybridized carbons (Fsp3) is 0.833. The van der Waals surface area contributed by atoms with E-state index in [9.17, 15) is 9.59 Å². The van der Waals surface area contributed by atoms with Crippen LogP contribution in [-0.4, -0.2) is 17.5 Å². The second-order valence-electron chi connectivity index (χ2n) is 5.62. The number of hydrogen-bond acceptors (Lipinski definition) is 2. The van der Waals surface area contributed by atoms with Crippen LogP contribution in [0.2, 0.25) is 0 Å². The molecular weight excluding hydrogens is 204 g/mol. The van der Waals surface area contributed by atoms with Crippen LogP contribution in [0, 0.1) is 17.8 Å². The van der Waals surface area contributed by atoms with E-state index in [0.29, 0.717) is 11.8 Å². The van der Waals surface area contributed by atoms with Gasteiger partial charge in [0.15, 0.2) is 0 Å². The molecule has 0 bridgehead atoms. The van der Waals surface area contributed by atoms with E-state index in [2.05, 4.69) is 31.4 Å². The molecule has 0 unspecified atom stereocenters. The lowest BCUT2D eigenvalue weighted by atomic mass is 9.65. The van der Waals surface area contributed by atoms with E-state index >= 15 is 0 Å². The Bertz CT molecular complexity index is 327. The zero-order chi connectivity index (χ0) is 11.9. The number of nitrogens with one attached hydrogen (secondary N) is 2. The molecule has 1 heterocycles. The van der Waals surface area contributed by atoms with Crippen LogP contribution in [0.25, 0.3) is 0 Å². The van der Waals surface area contributed by atoms with Crippen LogP contribution in [0.15, 0.2) is 0 Å². The van der Waals surface area contributed by atoms with Crippen LogP contribution in [0.4, 0.5) is 4.79 Å². The van der Waals surface area contributed by atoms with Crippen LogP contribution in [-0.2, 0) is 4.79 Å². The first-order chi connectivity index (χ1) is 7.45. The Balaban J connectivity index is 2.32. The molecular formula is C12H20N2O2. The maximum atomic E-state index is 12.0. The smallest absolute Gasteiger partial charge is 0.322 e. The molecule has 0 radical (unpaired) electrons. The molecule has 0 aromatic carbocycles. The Morgan fingerprint density at radius 3 is 2.50 bits per heavy atom. The van der Waals surface area contributed by atoms with Gasteiger partial charge in [-0.25, -0.2) is 4.79 Å². The molecule has 1 saturated heterocycles. The molecule has 2 N–H and O–H groups in total. The third-order valence-electron chi connectivity index (χ3n) is 4.05. The molecule has 4 nitrogen and oxygen atoms in total. The summed E-state index contributed by atoms with van der Waals surface area (Å²) in [6.45, 7) is 6.40. The zero-order valence-electron chi connectivity index (χ0n) is 10.2. The predicted octanol–water partition coefficient (Wildman–Crippen LogP) is 1.66. The SMILES string of the molecule is CC(C)[C@@H]1CC[C@@H](C)C[C@]12NC(=O)NC2=O. The third-order valence-corrected chi connectivity index (χ3v) is 4.05. The first kappa shape index (κ1) is 11.4. The second kappa shape index (κ2) is 3.75. The van der Waals surface area contributed by atoms with Gasteiger partial charge in [-0.05, 0) is 30.6 Å². The number of carbonyl (C=O) groups is 2. The molecule has 90 valence electrons. The number of urea groups is 1. The van der Waals surface area contributed by atoms with Gasteiger partial charge in [0.2, 0.25) is 0 Å². The van der Waals surface area contributed by atoms with Crippen LogP contribution in [0.5, 0.6) is 0 Å². The van der Waals surface area contributed by atoms with Crippen molar-refractivity contribution in [3.8, 4) is 0 Å². The summed E-state index contributed by atoms with van der Waals surface area (Å²) < 4.78 is 0. The van der Waals surface area contributed by atoms with Gasteiger partial charge >= 0.3 is 6.03 Å². The minimum absolute atomic E-state index is 0.122. The van der Waals surface area contributed by atoms with Gasteiger partial charge in [-0.15, -0.1) is 0 Å². The summed E-state index contributed by atoms with van der Waals surface area (Å²) in [5.41, 5.74) is -0.636. The highest BCUT2D eigenvalue weighted by molar-refractivity contribution is 6.07. The number of hydrogen-bond donors (Lipinski definition) is 2. The van der Waals surface area contributed by atoms with Crippen LogP contribution in [0.1, 0.15) is 40.0 Å². The molecule has 0 aromatic rings. The summed E-state index contributed by atoms with van der Waals surface area (Å²) in [4.78, 5) is 23.4. The van der Waals surface area contributed by atoms with Crippen LogP contribution >= 0.6 is 0 Å². The van der Waals surface area contributed by atoms with E-state index in [4.69, 9.17) is 0 Å². The van der Waals surface area contributed by atoms with Gasteiger partial charge in [0, 0.05) is 0 Å². The summed E-state index contributed by atoms with van der Waals surface area (Å²) in [5.74, 6) is 1.05. The highest BCUT2D eigenvalue weighted by Crippen LogP contribution is 2.42. The van der Waals surface area contributed by atoms with Crippen molar-refractivity contribution in [3.63, 3.8) is 0 Å². The summed E-state index contributed by atoms with van der Waals surface area (Å²) in [5, 5.41) is 5.28. The summed E-state index contributed by atoms with van der Waals surface area (Å²) in [6.07, 6.45) is 2.94. The Kier molecular flexibility index (Phi) is 2.68. The lowest BCUT2D eigenvalue weighted by molar-refractivity contribution is -0.129. The number of carbonyl (C=O) groups excluding carboxylic acids is 2. The Morgan fingerprint density at radius 2 is 2.00 bits per heavy atom. The van der Waals surface area contributed by atoms with E-state index in [1.165, 1.54) is 0 Å². The standard InChI is InChI=1S/C12H20N2O2/c1-7(2)9-5-4-8(3)6-12(9)10(15)13-11(16)14-12/h7-9H,4-6H2,1-3H3,(H2,13,14,15,16)/t8-,9+,12+/m1/s1. The molecule has 2 aliphatic rings. The van der Waals surface area contributed by atoms with Gasteiger partial charge in [0.05, 0.1) is 0 Å². The third kappa shape index (κ3) is 1.60. The van der Waals surface area contributed by atoms with Gasteiger partial charge < -0.3 is 5.32 Å². The number of amides is 3. The van der Waals surface area contributed by atoms with Gasteiger partial charge in [0.1, 0.15) is 5.54 Å². The molecule has 4 heteroatoms. The average molecular weight is 224 g/mol. The quantitative estimate of drug-likeness (QED) is 0.665. The summed E-state index contributed by atoms with van der Waals surface area (Å²) in [6, 6.07) is -0.329. The molecule has 16 heavy (non-hydrogen) atoms. The van der Waals surface area contributed by atoms with Gasteiger partial charge in [0.25, 0.3) is 5.91 Å². The Labute approximate surface area is 96.2 Å². The van der Waals surface area contributed by atoms with Gasteiger partial charge in [-0.2, -0.15) is 0 Å². The number of imide groups is 1. The molecule has 2 fully saturated rings. The Morgan fingerprint density at radius 1 is 1.31 bits per heavy atom. The minimum atomic E-state index is -0.636. The Hall–Kier alpha value is -1.06. The molecule has 2 rings (SSSR count). The fourth-order valence-corrected chi connectivity index (χ4v) is 3.33. The van der Waals surface area contributed by atoms with Crippen molar-refractivity contribution in [1.82, 2.24) is 10.6 Å². The van der Waals surface area contributed by atoms with Crippen molar-refractivity contribution >= 4 is 11.9 Å². The molecule has 0 aromatic heterocycles. The van der Waals surface area contributed by atoms with E-state index in [1.54, 1.807) is 0 Å². The van der Waals surface area contributed by atoms with E-state index in [1.807, 2.05) is 0 Å². The van der Waals surface area contributed by atoms with Crippen molar-refractivity contribution in [2.45, 2.75) is 45.6 Å². The lowest BCUT2D eigenvalue weighted by Gasteiger charge is -2.43. The van der Waals surface area contributed by atoms with Crippen LogP contribution in [0.3, 0.4) is 0 Å². The zero-order valence-corrected chi connectivity index (χ0v) is 10.2.